The van der Waals surface area contributed by atoms with Crippen LogP contribution in [0.5, 0.6) is 0 Å². The molecule has 1 aromatic rings. The van der Waals surface area contributed by atoms with Crippen molar-refractivity contribution in [3.8, 4) is 0 Å². The first-order chi connectivity index (χ1) is 8.68. The maximum atomic E-state index is 13.4. The second-order valence-corrected chi connectivity index (χ2v) is 5.65. The summed E-state index contributed by atoms with van der Waals surface area (Å²) in [5, 5.41) is 0. The molecule has 1 heterocycles. The Morgan fingerprint density at radius 1 is 1.16 bits per heavy atom. The van der Waals surface area contributed by atoms with E-state index in [2.05, 4.69) is 11.6 Å². The number of aromatic nitrogens is 1. The Morgan fingerprint density at radius 3 is 2.32 bits per heavy atom. The number of pyridine rings is 1. The molecule has 1 aliphatic carbocycles. The van der Waals surface area contributed by atoms with Gasteiger partial charge < -0.3 is 0 Å². The van der Waals surface area contributed by atoms with Gasteiger partial charge in [-0.1, -0.05) is 19.9 Å². The molecule has 19 heavy (non-hydrogen) atoms. The summed E-state index contributed by atoms with van der Waals surface area (Å²) in [5.74, 6) is 0. The highest BCUT2D eigenvalue weighted by atomic mass is 19.4. The van der Waals surface area contributed by atoms with Gasteiger partial charge in [0.2, 0.25) is 0 Å². The van der Waals surface area contributed by atoms with Crippen LogP contribution in [0.25, 0.3) is 0 Å². The molecule has 0 aliphatic heterocycles. The van der Waals surface area contributed by atoms with Crippen LogP contribution in [0, 0.1) is 6.92 Å². The van der Waals surface area contributed by atoms with Crippen LogP contribution in [-0.4, -0.2) is 4.98 Å². The van der Waals surface area contributed by atoms with E-state index in [0.717, 1.165) is 24.1 Å². The van der Waals surface area contributed by atoms with Crippen molar-refractivity contribution in [1.82, 2.24) is 4.98 Å². The van der Waals surface area contributed by atoms with Gasteiger partial charge in [0.1, 0.15) is 0 Å². The van der Waals surface area contributed by atoms with Crippen LogP contribution >= 0.6 is 0 Å². The highest BCUT2D eigenvalue weighted by Gasteiger charge is 2.42. The zero-order chi connectivity index (χ0) is 14.4. The highest BCUT2D eigenvalue weighted by Crippen LogP contribution is 2.43. The zero-order valence-electron chi connectivity index (χ0n) is 11.5. The minimum Gasteiger partial charge on any atom is -0.257 e. The number of halogens is 3. The number of fused-ring (bicyclic) bond motifs is 1. The van der Waals surface area contributed by atoms with Crippen LogP contribution < -0.4 is 0 Å². The van der Waals surface area contributed by atoms with Crippen molar-refractivity contribution in [2.24, 2.45) is 0 Å². The fraction of sp³-hybridized carbons (Fsp3) is 0.533. The molecule has 1 nitrogen and oxygen atoms in total. The minimum atomic E-state index is -4.37. The molecule has 4 heteroatoms. The number of rotatable bonds is 2. The van der Waals surface area contributed by atoms with E-state index < -0.39 is 17.2 Å². The lowest BCUT2D eigenvalue weighted by molar-refractivity contribution is -0.139. The average molecular weight is 269 g/mol. The third-order valence-corrected chi connectivity index (χ3v) is 3.84. The van der Waals surface area contributed by atoms with E-state index in [1.807, 2.05) is 0 Å². The Labute approximate surface area is 111 Å². The summed E-state index contributed by atoms with van der Waals surface area (Å²) in [6, 6.07) is 0. The molecule has 1 aliphatic rings. The van der Waals surface area contributed by atoms with Crippen molar-refractivity contribution in [2.45, 2.75) is 51.6 Å². The summed E-state index contributed by atoms with van der Waals surface area (Å²) in [5.41, 5.74) is 0.789. The van der Waals surface area contributed by atoms with E-state index >= 15 is 0 Å². The van der Waals surface area contributed by atoms with Gasteiger partial charge in [-0.15, -0.1) is 6.58 Å². The molecule has 0 fully saturated rings. The summed E-state index contributed by atoms with van der Waals surface area (Å²) in [7, 11) is 0. The third kappa shape index (κ3) is 2.28. The van der Waals surface area contributed by atoms with Gasteiger partial charge in [-0.3, -0.25) is 4.98 Å². The van der Waals surface area contributed by atoms with Gasteiger partial charge in [-0.25, -0.2) is 0 Å². The number of hydrogen-bond acceptors (Lipinski definition) is 1. The largest absolute Gasteiger partial charge is 0.418 e. The molecular formula is C15H18F3N. The molecule has 104 valence electrons. The second-order valence-electron chi connectivity index (χ2n) is 5.65. The normalized spacial score (nSPS) is 15.5. The molecule has 2 rings (SSSR count). The average Bonchev–Trinajstić information content (AvgIpc) is 2.72. The van der Waals surface area contributed by atoms with Gasteiger partial charge in [-0.05, 0) is 37.3 Å². The summed E-state index contributed by atoms with van der Waals surface area (Å²) in [4.78, 5) is 4.17. The number of nitrogens with zero attached hydrogens (tertiary/aromatic N) is 1. The topological polar surface area (TPSA) is 12.9 Å². The Balaban J connectivity index is 2.84. The van der Waals surface area contributed by atoms with Crippen molar-refractivity contribution in [1.29, 1.82) is 0 Å². The number of aryl methyl sites for hydroxylation is 2. The Hall–Kier alpha value is -1.32. The lowest BCUT2D eigenvalue weighted by Gasteiger charge is -2.29. The van der Waals surface area contributed by atoms with Crippen LogP contribution in [0.1, 0.15) is 48.3 Å². The fourth-order valence-electron chi connectivity index (χ4n) is 2.87. The Bertz CT molecular complexity index is 527. The van der Waals surface area contributed by atoms with Crippen LogP contribution in [0.2, 0.25) is 0 Å². The summed E-state index contributed by atoms with van der Waals surface area (Å²) >= 11 is 0. The van der Waals surface area contributed by atoms with Crippen molar-refractivity contribution in [3.05, 3.63) is 40.7 Å². The van der Waals surface area contributed by atoms with Gasteiger partial charge in [-0.2, -0.15) is 13.2 Å². The molecule has 0 unspecified atom stereocenters. The second kappa shape index (κ2) is 4.36. The van der Waals surface area contributed by atoms with E-state index in [9.17, 15) is 13.2 Å². The SMILES string of the molecule is C=CC(C)(C)c1c2c(nc(C)c1C(F)(F)F)CCC2. The maximum absolute atomic E-state index is 13.4. The van der Waals surface area contributed by atoms with Gasteiger partial charge in [0.15, 0.2) is 0 Å². The molecular weight excluding hydrogens is 251 g/mol. The summed E-state index contributed by atoms with van der Waals surface area (Å²) in [6.45, 7) is 8.71. The predicted octanol–water partition coefficient (Wildman–Crippen LogP) is 4.36. The van der Waals surface area contributed by atoms with Gasteiger partial charge in [0, 0.05) is 11.1 Å². The standard InChI is InChI=1S/C15H18F3N/c1-5-14(3,4)13-10-7-6-8-11(10)19-9(2)12(13)15(16,17)18/h5H,1,6-8H2,2-4H3. The van der Waals surface area contributed by atoms with E-state index in [4.69, 9.17) is 0 Å². The lowest BCUT2D eigenvalue weighted by atomic mass is 9.78. The van der Waals surface area contributed by atoms with Crippen LogP contribution in [0.3, 0.4) is 0 Å². The quantitative estimate of drug-likeness (QED) is 0.727. The van der Waals surface area contributed by atoms with Crippen molar-refractivity contribution in [3.63, 3.8) is 0 Å². The van der Waals surface area contributed by atoms with Crippen molar-refractivity contribution < 1.29 is 13.2 Å². The van der Waals surface area contributed by atoms with Crippen LogP contribution in [0.15, 0.2) is 12.7 Å². The van der Waals surface area contributed by atoms with E-state index in [0.29, 0.717) is 12.0 Å². The number of alkyl halides is 3. The summed E-state index contributed by atoms with van der Waals surface area (Å²) in [6.07, 6.45) is -0.448. The highest BCUT2D eigenvalue weighted by molar-refractivity contribution is 5.49. The minimum absolute atomic E-state index is 0.0816. The zero-order valence-corrected chi connectivity index (χ0v) is 11.5. The molecule has 0 N–H and O–H groups in total. The summed E-state index contributed by atoms with van der Waals surface area (Å²) < 4.78 is 40.1. The Morgan fingerprint density at radius 2 is 1.79 bits per heavy atom. The monoisotopic (exact) mass is 269 g/mol. The van der Waals surface area contributed by atoms with Crippen LogP contribution in [-0.2, 0) is 24.4 Å². The Kier molecular flexibility index (Phi) is 3.23. The molecule has 0 aromatic carbocycles. The molecule has 0 bridgehead atoms. The molecule has 0 amide bonds. The smallest absolute Gasteiger partial charge is 0.257 e. The van der Waals surface area contributed by atoms with Crippen molar-refractivity contribution in [2.75, 3.05) is 0 Å². The van der Waals surface area contributed by atoms with Crippen LogP contribution in [0.4, 0.5) is 13.2 Å². The molecule has 0 spiro atoms. The lowest BCUT2D eigenvalue weighted by Crippen LogP contribution is -2.25. The number of hydrogen-bond donors (Lipinski definition) is 0. The van der Waals surface area contributed by atoms with Gasteiger partial charge >= 0.3 is 6.18 Å². The van der Waals surface area contributed by atoms with E-state index in [1.54, 1.807) is 19.9 Å². The first-order valence-electron chi connectivity index (χ1n) is 6.42. The van der Waals surface area contributed by atoms with Crippen molar-refractivity contribution >= 4 is 0 Å². The first-order valence-corrected chi connectivity index (χ1v) is 6.42. The fourth-order valence-corrected chi connectivity index (χ4v) is 2.87. The molecule has 0 saturated carbocycles. The molecule has 0 radical (unpaired) electrons. The predicted molar refractivity (Wildman–Crippen MR) is 69.2 cm³/mol. The molecule has 0 atom stereocenters. The maximum Gasteiger partial charge on any atom is 0.418 e. The van der Waals surface area contributed by atoms with E-state index in [-0.39, 0.29) is 5.69 Å². The molecule has 0 saturated heterocycles. The van der Waals surface area contributed by atoms with Gasteiger partial charge in [0.25, 0.3) is 0 Å². The molecule has 1 aromatic heterocycles. The van der Waals surface area contributed by atoms with E-state index in [1.165, 1.54) is 6.92 Å². The van der Waals surface area contributed by atoms with Gasteiger partial charge in [0.05, 0.1) is 11.3 Å². The number of allylic oxidation sites excluding steroid dienone is 1. The first kappa shape index (κ1) is 14.1. The third-order valence-electron chi connectivity index (χ3n) is 3.84.